The van der Waals surface area contributed by atoms with Crippen molar-refractivity contribution >= 4 is 61.5 Å². The maximum absolute atomic E-state index is 9.92. The van der Waals surface area contributed by atoms with Crippen LogP contribution in [0.2, 0.25) is 0 Å². The van der Waals surface area contributed by atoms with Crippen molar-refractivity contribution in [1.82, 2.24) is 0 Å². The monoisotopic (exact) mass is 561 g/mol. The van der Waals surface area contributed by atoms with Crippen molar-refractivity contribution in [1.29, 1.82) is 10.5 Å². The van der Waals surface area contributed by atoms with Crippen LogP contribution in [0.15, 0.2) is 133 Å². The van der Waals surface area contributed by atoms with E-state index in [1.165, 1.54) is 10.8 Å². The van der Waals surface area contributed by atoms with Crippen molar-refractivity contribution < 1.29 is 0 Å². The molecule has 3 heteroatoms. The van der Waals surface area contributed by atoms with E-state index in [1.54, 1.807) is 0 Å². The average molecular weight is 562 g/mol. The molecule has 0 saturated heterocycles. The zero-order valence-electron chi connectivity index (χ0n) is 24.2. The van der Waals surface area contributed by atoms with E-state index in [-0.39, 0.29) is 0 Å². The summed E-state index contributed by atoms with van der Waals surface area (Å²) in [7, 11) is 0. The molecule has 0 bridgehead atoms. The van der Waals surface area contributed by atoms with Gasteiger partial charge in [-0.15, -0.1) is 0 Å². The molecule has 0 unspecified atom stereocenters. The first-order valence-electron chi connectivity index (χ1n) is 14.6. The lowest BCUT2D eigenvalue weighted by Crippen LogP contribution is -2.10. The molecule has 7 aromatic rings. The number of rotatable bonds is 5. The van der Waals surface area contributed by atoms with Gasteiger partial charge in [0.05, 0.1) is 16.8 Å². The second-order valence-electron chi connectivity index (χ2n) is 10.9. The second kappa shape index (κ2) is 11.3. The Balaban J connectivity index is 1.27. The summed E-state index contributed by atoms with van der Waals surface area (Å²) < 4.78 is 0. The standard InChI is InChI=1S/C41H27N3/c1-28-14-22-35-37(24-28)38-25-30(19-23-36(38)40(27-43)39(35)26-42)16-15-29-17-20-33(21-18-29)44(32-10-3-2-4-11-32)41-13-7-9-31-8-5-6-12-34(31)41/h2-25H,1H3/b16-15-. The lowest BCUT2D eigenvalue weighted by molar-refractivity contribution is 1.30. The van der Waals surface area contributed by atoms with Crippen LogP contribution in [0.25, 0.3) is 44.5 Å². The number of benzene rings is 7. The minimum absolute atomic E-state index is 0.430. The molecule has 0 N–H and O–H groups in total. The zero-order chi connectivity index (χ0) is 30.0. The molecule has 206 valence electrons. The maximum Gasteiger partial charge on any atom is 0.101 e. The van der Waals surface area contributed by atoms with Gasteiger partial charge < -0.3 is 4.90 Å². The van der Waals surface area contributed by atoms with Gasteiger partial charge in [0.2, 0.25) is 0 Å². The first-order valence-corrected chi connectivity index (χ1v) is 14.6. The highest BCUT2D eigenvalue weighted by Gasteiger charge is 2.16. The summed E-state index contributed by atoms with van der Waals surface area (Å²) in [6, 6.07) is 50.6. The molecule has 0 aliphatic heterocycles. The molecule has 0 atom stereocenters. The van der Waals surface area contributed by atoms with E-state index in [1.807, 2.05) is 37.3 Å². The summed E-state index contributed by atoms with van der Waals surface area (Å²) in [6.45, 7) is 2.04. The third kappa shape index (κ3) is 4.74. The van der Waals surface area contributed by atoms with Crippen LogP contribution < -0.4 is 4.90 Å². The molecule has 0 aliphatic carbocycles. The van der Waals surface area contributed by atoms with E-state index >= 15 is 0 Å². The number of nitrogens with zero attached hydrogens (tertiary/aromatic N) is 3. The van der Waals surface area contributed by atoms with Crippen molar-refractivity contribution in [2.24, 2.45) is 0 Å². The fourth-order valence-corrected chi connectivity index (χ4v) is 6.04. The van der Waals surface area contributed by atoms with Crippen LogP contribution >= 0.6 is 0 Å². The molecular weight excluding hydrogens is 534 g/mol. The molecular formula is C41H27N3. The Morgan fingerprint density at radius 2 is 1.09 bits per heavy atom. The van der Waals surface area contributed by atoms with Crippen LogP contribution in [-0.4, -0.2) is 0 Å². The first kappa shape index (κ1) is 26.7. The van der Waals surface area contributed by atoms with Gasteiger partial charge in [-0.1, -0.05) is 115 Å². The summed E-state index contributed by atoms with van der Waals surface area (Å²) >= 11 is 0. The molecule has 0 saturated carbocycles. The molecule has 0 aliphatic rings. The molecule has 7 rings (SSSR count). The summed E-state index contributed by atoms with van der Waals surface area (Å²) in [5.41, 5.74) is 7.40. The van der Waals surface area contributed by atoms with Crippen LogP contribution in [0, 0.1) is 29.6 Å². The summed E-state index contributed by atoms with van der Waals surface area (Å²) in [5, 5.41) is 25.8. The van der Waals surface area contributed by atoms with Gasteiger partial charge in [-0.05, 0) is 70.6 Å². The van der Waals surface area contributed by atoms with Gasteiger partial charge in [0.25, 0.3) is 0 Å². The van der Waals surface area contributed by atoms with Crippen LogP contribution in [-0.2, 0) is 0 Å². The average Bonchev–Trinajstić information content (AvgIpc) is 3.08. The zero-order valence-corrected chi connectivity index (χ0v) is 24.2. The van der Waals surface area contributed by atoms with Gasteiger partial charge >= 0.3 is 0 Å². The van der Waals surface area contributed by atoms with Gasteiger partial charge in [-0.3, -0.25) is 0 Å². The van der Waals surface area contributed by atoms with Crippen molar-refractivity contribution in [2.75, 3.05) is 4.90 Å². The SMILES string of the molecule is Cc1ccc2c(C#N)c(C#N)c3ccc(/C=C\c4ccc(N(c5ccccc5)c5cccc6ccccc56)cc4)cc3c2c1. The smallest absolute Gasteiger partial charge is 0.101 e. The van der Waals surface area contributed by atoms with Gasteiger partial charge in [0, 0.05) is 27.5 Å². The summed E-state index contributed by atoms with van der Waals surface area (Å²) in [4.78, 5) is 2.30. The number of para-hydroxylation sites is 1. The quantitative estimate of drug-likeness (QED) is 0.155. The van der Waals surface area contributed by atoms with Gasteiger partial charge in [-0.2, -0.15) is 10.5 Å². The van der Waals surface area contributed by atoms with Gasteiger partial charge in [0.1, 0.15) is 12.1 Å². The highest BCUT2D eigenvalue weighted by Crippen LogP contribution is 2.39. The van der Waals surface area contributed by atoms with E-state index < -0.39 is 0 Å². The molecule has 0 spiro atoms. The van der Waals surface area contributed by atoms with Gasteiger partial charge in [-0.25, -0.2) is 0 Å². The van der Waals surface area contributed by atoms with Crippen LogP contribution in [0.1, 0.15) is 27.8 Å². The predicted octanol–water partition coefficient (Wildman–Crippen LogP) is 10.8. The molecule has 0 amide bonds. The van der Waals surface area contributed by atoms with E-state index in [2.05, 4.69) is 132 Å². The highest BCUT2D eigenvalue weighted by molar-refractivity contribution is 6.13. The number of anilines is 3. The topological polar surface area (TPSA) is 50.8 Å². The van der Waals surface area contributed by atoms with Crippen molar-refractivity contribution in [3.05, 3.63) is 161 Å². The van der Waals surface area contributed by atoms with E-state index in [0.29, 0.717) is 11.1 Å². The Bertz CT molecular complexity index is 2300. The molecule has 0 heterocycles. The highest BCUT2D eigenvalue weighted by atomic mass is 15.1. The second-order valence-corrected chi connectivity index (χ2v) is 10.9. The lowest BCUT2D eigenvalue weighted by atomic mass is 9.91. The van der Waals surface area contributed by atoms with Crippen LogP contribution in [0.3, 0.4) is 0 Å². The Kier molecular flexibility index (Phi) is 6.84. The Morgan fingerprint density at radius 3 is 1.84 bits per heavy atom. The summed E-state index contributed by atoms with van der Waals surface area (Å²) in [5.74, 6) is 0. The third-order valence-corrected chi connectivity index (χ3v) is 8.16. The predicted molar refractivity (Wildman–Crippen MR) is 183 cm³/mol. The minimum atomic E-state index is 0.430. The number of aryl methyl sites for hydroxylation is 1. The molecule has 0 radical (unpaired) electrons. The van der Waals surface area contributed by atoms with E-state index in [9.17, 15) is 10.5 Å². The van der Waals surface area contributed by atoms with Crippen molar-refractivity contribution in [3.63, 3.8) is 0 Å². The Hall–Kier alpha value is -6.16. The maximum atomic E-state index is 9.92. The van der Waals surface area contributed by atoms with E-state index in [4.69, 9.17) is 0 Å². The first-order chi connectivity index (χ1) is 21.6. The Morgan fingerprint density at radius 1 is 0.500 bits per heavy atom. The normalized spacial score (nSPS) is 11.2. The van der Waals surface area contributed by atoms with Gasteiger partial charge in [0.15, 0.2) is 0 Å². The molecule has 7 aromatic carbocycles. The number of hydrogen-bond acceptors (Lipinski definition) is 3. The third-order valence-electron chi connectivity index (χ3n) is 8.16. The molecule has 0 fully saturated rings. The number of fused-ring (bicyclic) bond motifs is 4. The fraction of sp³-hybridized carbons (Fsp3) is 0.0244. The largest absolute Gasteiger partial charge is 0.310 e. The number of hydrogen-bond donors (Lipinski definition) is 0. The summed E-state index contributed by atoms with van der Waals surface area (Å²) in [6.07, 6.45) is 4.21. The van der Waals surface area contributed by atoms with Crippen molar-refractivity contribution in [2.45, 2.75) is 6.92 Å². The van der Waals surface area contributed by atoms with Crippen LogP contribution in [0.5, 0.6) is 0 Å². The molecule has 0 aromatic heterocycles. The van der Waals surface area contributed by atoms with Crippen LogP contribution in [0.4, 0.5) is 17.1 Å². The van der Waals surface area contributed by atoms with E-state index in [0.717, 1.165) is 55.3 Å². The van der Waals surface area contributed by atoms with Crippen molar-refractivity contribution in [3.8, 4) is 12.1 Å². The molecule has 3 nitrogen and oxygen atoms in total. The fourth-order valence-electron chi connectivity index (χ4n) is 6.04. The lowest BCUT2D eigenvalue weighted by Gasteiger charge is -2.27. The molecule has 44 heavy (non-hydrogen) atoms. The minimum Gasteiger partial charge on any atom is -0.310 e. The number of nitriles is 2. The Labute approximate surface area is 256 Å².